The highest BCUT2D eigenvalue weighted by Crippen LogP contribution is 2.27. The molecule has 202 valence electrons. The van der Waals surface area contributed by atoms with Gasteiger partial charge in [-0.2, -0.15) is 5.10 Å². The molecule has 1 aliphatic heterocycles. The van der Waals surface area contributed by atoms with Gasteiger partial charge in [0.1, 0.15) is 17.7 Å². The van der Waals surface area contributed by atoms with Gasteiger partial charge in [0.15, 0.2) is 0 Å². The van der Waals surface area contributed by atoms with Crippen molar-refractivity contribution in [2.75, 3.05) is 6.54 Å². The first-order chi connectivity index (χ1) is 17.2. The summed E-state index contributed by atoms with van der Waals surface area (Å²) >= 11 is 0. The number of alkyl carbamates (subject to hydrolysis) is 1. The highest BCUT2D eigenvalue weighted by atomic mass is 16.6. The summed E-state index contributed by atoms with van der Waals surface area (Å²) < 4.78 is 7.13. The minimum atomic E-state index is -0.942. The highest BCUT2D eigenvalue weighted by molar-refractivity contribution is 5.92. The number of aliphatic hydroxyl groups excluding tert-OH is 1. The summed E-state index contributed by atoms with van der Waals surface area (Å²) in [5, 5.41) is 20.1. The Bertz CT molecular complexity index is 1110. The predicted octanol–water partition coefficient (Wildman–Crippen LogP) is 2.60. The lowest BCUT2D eigenvalue weighted by atomic mass is 9.85. The normalized spacial score (nSPS) is 18.9. The van der Waals surface area contributed by atoms with Gasteiger partial charge in [-0.25, -0.2) is 4.79 Å². The standard InChI is InChI=1S/C27H39N5O5/c1-26(2,3)22(30-25(36)37-27(4,5)6)24(35)32-16-19(33)14-21(32)23(34)28-15-17-8-10-18(11-9-17)20-12-13-29-31(20)7/h8-13,19,21-22,33H,14-16H2,1-7H3,(H,28,34)(H,30,36)/t19-,21+,22-/m1/s1. The zero-order valence-electron chi connectivity index (χ0n) is 22.7. The number of hydrogen-bond donors (Lipinski definition) is 3. The Balaban J connectivity index is 1.68. The van der Waals surface area contributed by atoms with Crippen LogP contribution in [-0.4, -0.2) is 68.0 Å². The van der Waals surface area contributed by atoms with Gasteiger partial charge >= 0.3 is 6.09 Å². The van der Waals surface area contributed by atoms with E-state index in [2.05, 4.69) is 15.7 Å². The minimum absolute atomic E-state index is 0.0128. The van der Waals surface area contributed by atoms with Crippen molar-refractivity contribution in [3.63, 3.8) is 0 Å². The Labute approximate surface area is 218 Å². The van der Waals surface area contributed by atoms with Crippen molar-refractivity contribution in [1.29, 1.82) is 0 Å². The summed E-state index contributed by atoms with van der Waals surface area (Å²) in [7, 11) is 1.87. The van der Waals surface area contributed by atoms with Gasteiger partial charge in [-0.1, -0.05) is 45.0 Å². The topological polar surface area (TPSA) is 126 Å². The summed E-state index contributed by atoms with van der Waals surface area (Å²) in [6, 6.07) is 7.92. The first-order valence-corrected chi connectivity index (χ1v) is 12.5. The van der Waals surface area contributed by atoms with Gasteiger partial charge in [0.05, 0.1) is 11.8 Å². The molecular formula is C27H39N5O5. The third-order valence-corrected chi connectivity index (χ3v) is 6.18. The molecule has 0 unspecified atom stereocenters. The molecule has 3 amide bonds. The van der Waals surface area contributed by atoms with Crippen LogP contribution in [0, 0.1) is 5.41 Å². The average molecular weight is 514 g/mol. The fraction of sp³-hybridized carbons (Fsp3) is 0.556. The van der Waals surface area contributed by atoms with E-state index in [9.17, 15) is 19.5 Å². The smallest absolute Gasteiger partial charge is 0.408 e. The number of carbonyl (C=O) groups excluding carboxylic acids is 3. The van der Waals surface area contributed by atoms with Crippen LogP contribution in [0.15, 0.2) is 36.5 Å². The lowest BCUT2D eigenvalue weighted by molar-refractivity contribution is -0.142. The number of nitrogens with zero attached hydrogens (tertiary/aromatic N) is 3. The van der Waals surface area contributed by atoms with Crippen LogP contribution >= 0.6 is 0 Å². The molecule has 1 aromatic heterocycles. The lowest BCUT2D eigenvalue weighted by Crippen LogP contribution is -2.58. The van der Waals surface area contributed by atoms with Gasteiger partial charge in [-0.3, -0.25) is 14.3 Å². The number of aliphatic hydroxyl groups is 1. The van der Waals surface area contributed by atoms with Crippen LogP contribution in [0.1, 0.15) is 53.5 Å². The summed E-state index contributed by atoms with van der Waals surface area (Å²) in [4.78, 5) is 40.5. The van der Waals surface area contributed by atoms with E-state index in [0.29, 0.717) is 0 Å². The van der Waals surface area contributed by atoms with Crippen molar-refractivity contribution in [3.05, 3.63) is 42.1 Å². The Kier molecular flexibility index (Phi) is 8.32. The molecule has 1 aromatic carbocycles. The summed E-state index contributed by atoms with van der Waals surface area (Å²) in [6.07, 6.45) is 0.316. The Morgan fingerprint density at radius 2 is 1.76 bits per heavy atom. The van der Waals surface area contributed by atoms with Crippen LogP contribution in [0.3, 0.4) is 0 Å². The van der Waals surface area contributed by atoms with Crippen LogP contribution < -0.4 is 10.6 Å². The molecule has 3 rings (SSSR count). The van der Waals surface area contributed by atoms with E-state index >= 15 is 0 Å². The van der Waals surface area contributed by atoms with Crippen LogP contribution in [-0.2, 0) is 27.9 Å². The molecule has 0 bridgehead atoms. The van der Waals surface area contributed by atoms with Crippen LogP contribution in [0.5, 0.6) is 0 Å². The molecule has 10 nitrogen and oxygen atoms in total. The fourth-order valence-corrected chi connectivity index (χ4v) is 4.30. The molecule has 2 aromatic rings. The van der Waals surface area contributed by atoms with Gasteiger partial charge in [0.2, 0.25) is 11.8 Å². The molecule has 37 heavy (non-hydrogen) atoms. The molecule has 0 radical (unpaired) electrons. The molecule has 3 N–H and O–H groups in total. The van der Waals surface area contributed by atoms with E-state index in [1.165, 1.54) is 4.90 Å². The monoisotopic (exact) mass is 513 g/mol. The number of ether oxygens (including phenoxy) is 1. The third-order valence-electron chi connectivity index (χ3n) is 6.18. The number of likely N-dealkylation sites (tertiary alicyclic amines) is 1. The second-order valence-corrected chi connectivity index (χ2v) is 11.6. The van der Waals surface area contributed by atoms with Gasteiger partial charge in [-0.05, 0) is 43.4 Å². The molecule has 2 heterocycles. The largest absolute Gasteiger partial charge is 0.444 e. The Morgan fingerprint density at radius 3 is 2.30 bits per heavy atom. The van der Waals surface area contributed by atoms with Gasteiger partial charge < -0.3 is 25.4 Å². The van der Waals surface area contributed by atoms with Crippen LogP contribution in [0.4, 0.5) is 4.79 Å². The zero-order chi connectivity index (χ0) is 27.5. The lowest BCUT2D eigenvalue weighted by Gasteiger charge is -2.35. The second-order valence-electron chi connectivity index (χ2n) is 11.6. The van der Waals surface area contributed by atoms with E-state index in [1.807, 2.05) is 58.2 Å². The zero-order valence-corrected chi connectivity index (χ0v) is 22.7. The molecule has 0 aliphatic carbocycles. The molecule has 0 saturated carbocycles. The number of β-amino-alcohol motifs (C(OH)–C–C–N with tert-alkyl or cyclic N) is 1. The quantitative estimate of drug-likeness (QED) is 0.545. The van der Waals surface area contributed by atoms with Crippen molar-refractivity contribution in [2.24, 2.45) is 12.5 Å². The van der Waals surface area contributed by atoms with E-state index < -0.39 is 41.2 Å². The van der Waals surface area contributed by atoms with Crippen molar-refractivity contribution in [3.8, 4) is 11.3 Å². The van der Waals surface area contributed by atoms with Crippen LogP contribution in [0.25, 0.3) is 11.3 Å². The number of benzene rings is 1. The van der Waals surface area contributed by atoms with Crippen molar-refractivity contribution in [2.45, 2.75) is 78.3 Å². The van der Waals surface area contributed by atoms with E-state index in [4.69, 9.17) is 4.74 Å². The number of carbonyl (C=O) groups is 3. The maximum Gasteiger partial charge on any atom is 0.408 e. The SMILES string of the molecule is Cn1nccc1-c1ccc(CNC(=O)[C@@H]2C[C@@H](O)CN2C(=O)[C@@H](NC(=O)OC(C)(C)C)C(C)(C)C)cc1. The first-order valence-electron chi connectivity index (χ1n) is 12.5. The maximum absolute atomic E-state index is 13.6. The van der Waals surface area contributed by atoms with Gasteiger partial charge in [0, 0.05) is 32.8 Å². The average Bonchev–Trinajstić information content (AvgIpc) is 3.39. The van der Waals surface area contributed by atoms with Crippen LogP contribution in [0.2, 0.25) is 0 Å². The molecule has 1 fully saturated rings. The molecule has 1 saturated heterocycles. The number of nitrogens with one attached hydrogen (secondary N) is 2. The number of hydrogen-bond acceptors (Lipinski definition) is 6. The highest BCUT2D eigenvalue weighted by Gasteiger charge is 2.44. The third kappa shape index (κ3) is 7.31. The molecule has 0 spiro atoms. The van der Waals surface area contributed by atoms with Gasteiger partial charge in [0.25, 0.3) is 0 Å². The summed E-state index contributed by atoms with van der Waals surface area (Å²) in [5.41, 5.74) is 1.51. The number of aryl methyl sites for hydroxylation is 1. The first kappa shape index (κ1) is 28.2. The minimum Gasteiger partial charge on any atom is -0.444 e. The molecular weight excluding hydrogens is 474 g/mol. The van der Waals surface area contributed by atoms with E-state index in [1.54, 1.807) is 31.6 Å². The van der Waals surface area contributed by atoms with Gasteiger partial charge in [-0.15, -0.1) is 0 Å². The predicted molar refractivity (Wildman–Crippen MR) is 139 cm³/mol. The van der Waals surface area contributed by atoms with Crippen molar-refractivity contribution < 1.29 is 24.2 Å². The second kappa shape index (κ2) is 10.9. The van der Waals surface area contributed by atoms with Crippen molar-refractivity contribution >= 4 is 17.9 Å². The number of rotatable bonds is 6. The summed E-state index contributed by atoms with van der Waals surface area (Å²) in [6.45, 7) is 11.0. The molecule has 3 atom stereocenters. The number of amides is 3. The van der Waals surface area contributed by atoms with E-state index in [-0.39, 0.29) is 25.4 Å². The number of aromatic nitrogens is 2. The molecule has 1 aliphatic rings. The van der Waals surface area contributed by atoms with E-state index in [0.717, 1.165) is 16.8 Å². The Hall–Kier alpha value is -3.40. The molecule has 10 heteroatoms. The fourth-order valence-electron chi connectivity index (χ4n) is 4.30. The van der Waals surface area contributed by atoms with Crippen molar-refractivity contribution in [1.82, 2.24) is 25.3 Å². The summed E-state index contributed by atoms with van der Waals surface area (Å²) in [5.74, 6) is -0.791. The Morgan fingerprint density at radius 1 is 1.11 bits per heavy atom. The maximum atomic E-state index is 13.6.